The van der Waals surface area contributed by atoms with Crippen LogP contribution in [0.15, 0.2) is 59.0 Å². The van der Waals surface area contributed by atoms with Gasteiger partial charge in [0.15, 0.2) is 11.5 Å². The summed E-state index contributed by atoms with van der Waals surface area (Å²) in [6.45, 7) is 3.32. The molecule has 1 unspecified atom stereocenters. The highest BCUT2D eigenvalue weighted by atomic mass is 19.4. The third-order valence-electron chi connectivity index (χ3n) is 6.36. The lowest BCUT2D eigenvalue weighted by atomic mass is 10.0. The van der Waals surface area contributed by atoms with Crippen LogP contribution in [0.25, 0.3) is 22.4 Å². The van der Waals surface area contributed by atoms with Gasteiger partial charge in [0.05, 0.1) is 25.3 Å². The molecule has 0 saturated heterocycles. The normalized spacial score (nSPS) is 14.2. The number of aliphatic hydroxyl groups is 1. The zero-order valence-corrected chi connectivity index (χ0v) is 21.2. The number of amides is 1. The molecule has 8 nitrogen and oxygen atoms in total. The monoisotopic (exact) mass is 528 g/mol. The van der Waals surface area contributed by atoms with Crippen LogP contribution in [0.1, 0.15) is 53.5 Å². The number of carbonyl (C=O) groups excluding carboxylic acids is 1. The molecule has 4 aromatic rings. The van der Waals surface area contributed by atoms with Gasteiger partial charge in [-0.25, -0.2) is 9.97 Å². The Balaban J connectivity index is 1.76. The van der Waals surface area contributed by atoms with Crippen molar-refractivity contribution in [1.82, 2.24) is 14.9 Å². The van der Waals surface area contributed by atoms with Crippen LogP contribution < -0.4 is 10.5 Å². The molecule has 3 N–H and O–H groups in total. The molecule has 2 aromatic carbocycles. The van der Waals surface area contributed by atoms with E-state index in [1.807, 2.05) is 6.07 Å². The topological polar surface area (TPSA) is 115 Å². The number of hydrogen-bond donors (Lipinski definition) is 2. The van der Waals surface area contributed by atoms with Gasteiger partial charge in [-0.2, -0.15) is 13.2 Å². The summed E-state index contributed by atoms with van der Waals surface area (Å²) < 4.78 is 51.0. The predicted molar refractivity (Wildman–Crippen MR) is 134 cm³/mol. The number of benzene rings is 2. The number of pyridine rings is 1. The maximum Gasteiger partial charge on any atom is 0.433 e. The molecule has 0 aliphatic heterocycles. The summed E-state index contributed by atoms with van der Waals surface area (Å²) in [5.41, 5.74) is 5.86. The second-order valence-corrected chi connectivity index (χ2v) is 8.94. The molecule has 0 spiro atoms. The van der Waals surface area contributed by atoms with Gasteiger partial charge in [-0.15, -0.1) is 0 Å². The maximum atomic E-state index is 13.5. The highest BCUT2D eigenvalue weighted by Crippen LogP contribution is 2.37. The average Bonchev–Trinajstić information content (AvgIpc) is 3.36. The fourth-order valence-electron chi connectivity index (χ4n) is 4.10. The Labute approximate surface area is 216 Å². The summed E-state index contributed by atoms with van der Waals surface area (Å²) in [6, 6.07) is 12.7. The molecular weight excluding hydrogens is 501 g/mol. The first-order chi connectivity index (χ1) is 17.9. The molecule has 2 aromatic heterocycles. The molecule has 0 bridgehead atoms. The van der Waals surface area contributed by atoms with Gasteiger partial charge in [0.2, 0.25) is 5.89 Å². The number of fused-ring (bicyclic) bond motifs is 1. The second-order valence-electron chi connectivity index (χ2n) is 8.94. The molecule has 200 valence electrons. The minimum absolute atomic E-state index is 0.0143. The van der Waals surface area contributed by atoms with E-state index in [0.717, 1.165) is 6.07 Å². The zero-order chi connectivity index (χ0) is 27.8. The summed E-state index contributed by atoms with van der Waals surface area (Å²) in [4.78, 5) is 23.0. The largest absolute Gasteiger partial charge is 0.494 e. The number of rotatable bonds is 7. The Kier molecular flexibility index (Phi) is 7.43. The summed E-state index contributed by atoms with van der Waals surface area (Å²) >= 11 is 0. The Hall–Kier alpha value is -3.96. The number of aliphatic hydroxyl groups excluding tert-OH is 1. The highest BCUT2D eigenvalue weighted by molar-refractivity contribution is 5.98. The quantitative estimate of drug-likeness (QED) is 0.342. The van der Waals surface area contributed by atoms with Crippen LogP contribution in [0.4, 0.5) is 13.2 Å². The number of likely N-dealkylation sites (N-methyl/N-ethyl adjacent to an activating group) is 1. The van der Waals surface area contributed by atoms with E-state index in [4.69, 9.17) is 14.9 Å². The second kappa shape index (κ2) is 10.4. The molecule has 1 amide bonds. The predicted octanol–water partition coefficient (Wildman–Crippen LogP) is 5.13. The summed E-state index contributed by atoms with van der Waals surface area (Å²) in [6.07, 6.45) is -5.61. The van der Waals surface area contributed by atoms with Crippen molar-refractivity contribution >= 4 is 16.8 Å². The summed E-state index contributed by atoms with van der Waals surface area (Å²) in [5, 5.41) is 11.1. The van der Waals surface area contributed by atoms with Crippen molar-refractivity contribution < 1.29 is 32.2 Å². The van der Waals surface area contributed by atoms with E-state index in [1.54, 1.807) is 44.2 Å². The molecular formula is C27H27F3N4O4. The van der Waals surface area contributed by atoms with Crippen molar-refractivity contribution in [1.29, 1.82) is 0 Å². The first kappa shape index (κ1) is 27.1. The van der Waals surface area contributed by atoms with Crippen LogP contribution >= 0.6 is 0 Å². The van der Waals surface area contributed by atoms with Gasteiger partial charge < -0.3 is 24.9 Å². The maximum absolute atomic E-state index is 13.5. The van der Waals surface area contributed by atoms with Gasteiger partial charge in [0.25, 0.3) is 5.91 Å². The number of nitrogens with two attached hydrogens (primary N) is 1. The fraction of sp³-hybridized carbons (Fsp3) is 0.296. The molecule has 0 saturated carbocycles. The van der Waals surface area contributed by atoms with Crippen LogP contribution in [0, 0.1) is 0 Å². The summed E-state index contributed by atoms with van der Waals surface area (Å²) in [5.74, 6) is -0.319. The molecule has 38 heavy (non-hydrogen) atoms. The van der Waals surface area contributed by atoms with Gasteiger partial charge >= 0.3 is 6.18 Å². The fourth-order valence-corrected chi connectivity index (χ4v) is 4.10. The molecule has 4 rings (SSSR count). The molecule has 0 radical (unpaired) electrons. The van der Waals surface area contributed by atoms with E-state index in [0.29, 0.717) is 11.1 Å². The van der Waals surface area contributed by atoms with Crippen molar-refractivity contribution in [3.05, 3.63) is 77.3 Å². The number of nitrogens with zero attached hydrogens (tertiary/aromatic N) is 3. The van der Waals surface area contributed by atoms with Crippen molar-refractivity contribution in [2.75, 3.05) is 14.2 Å². The van der Waals surface area contributed by atoms with E-state index in [9.17, 15) is 23.1 Å². The van der Waals surface area contributed by atoms with Crippen molar-refractivity contribution in [3.63, 3.8) is 0 Å². The minimum Gasteiger partial charge on any atom is -0.494 e. The molecule has 2 heterocycles. The molecule has 11 heteroatoms. The van der Waals surface area contributed by atoms with Crippen molar-refractivity contribution in [2.24, 2.45) is 5.73 Å². The molecule has 0 aliphatic carbocycles. The van der Waals surface area contributed by atoms with Gasteiger partial charge in [-0.3, -0.25) is 4.79 Å². The lowest BCUT2D eigenvalue weighted by Gasteiger charge is -2.29. The molecule has 3 atom stereocenters. The minimum atomic E-state index is -4.65. The standard InChI is InChI=1S/C27H27F3N4O4/c1-14(31)24-22(26(36)34(3)15(2)23(35)16-8-6-5-7-9-16)33-25(38-24)18-10-12-19(37-4)21-17(18)11-13-20(32-21)27(28,29)30/h5-15,23,35H,31H2,1-4H3/t14?,15-,23-/m0/s1. The Bertz CT molecular complexity index is 1450. The number of methoxy groups -OCH3 is 1. The van der Waals surface area contributed by atoms with Gasteiger partial charge in [-0.05, 0) is 43.7 Å². The van der Waals surface area contributed by atoms with Crippen LogP contribution in [0.5, 0.6) is 5.75 Å². The van der Waals surface area contributed by atoms with E-state index in [-0.39, 0.29) is 34.0 Å². The Morgan fingerprint density at radius 2 is 1.76 bits per heavy atom. The SMILES string of the molecule is COc1ccc(-c2nc(C(=O)N(C)[C@@H](C)[C@H](O)c3ccccc3)c(C(C)N)o2)c2ccc(C(F)(F)F)nc12. The lowest BCUT2D eigenvalue weighted by Crippen LogP contribution is -2.39. The van der Waals surface area contributed by atoms with Crippen LogP contribution in [0.2, 0.25) is 0 Å². The Morgan fingerprint density at radius 3 is 2.37 bits per heavy atom. The van der Waals surface area contributed by atoms with Crippen LogP contribution in [-0.2, 0) is 6.18 Å². The first-order valence-electron chi connectivity index (χ1n) is 11.8. The third kappa shape index (κ3) is 5.07. The van der Waals surface area contributed by atoms with E-state index >= 15 is 0 Å². The molecule has 0 aliphatic rings. The Morgan fingerprint density at radius 1 is 1.08 bits per heavy atom. The number of hydrogen-bond acceptors (Lipinski definition) is 7. The number of alkyl halides is 3. The number of halogens is 3. The third-order valence-corrected chi connectivity index (χ3v) is 6.36. The zero-order valence-electron chi connectivity index (χ0n) is 21.2. The average molecular weight is 529 g/mol. The van der Waals surface area contributed by atoms with Crippen molar-refractivity contribution in [3.8, 4) is 17.2 Å². The van der Waals surface area contributed by atoms with E-state index in [2.05, 4.69) is 9.97 Å². The van der Waals surface area contributed by atoms with Gasteiger partial charge in [0.1, 0.15) is 17.0 Å². The van der Waals surface area contributed by atoms with Gasteiger partial charge in [-0.1, -0.05) is 30.3 Å². The smallest absolute Gasteiger partial charge is 0.433 e. The number of oxazole rings is 1. The first-order valence-corrected chi connectivity index (χ1v) is 11.8. The number of carbonyl (C=O) groups is 1. The lowest BCUT2D eigenvalue weighted by molar-refractivity contribution is -0.140. The summed E-state index contributed by atoms with van der Waals surface area (Å²) in [7, 11) is 2.86. The molecule has 0 fully saturated rings. The van der Waals surface area contributed by atoms with Crippen molar-refractivity contribution in [2.45, 2.75) is 38.2 Å². The van der Waals surface area contributed by atoms with E-state index < -0.39 is 36.0 Å². The van der Waals surface area contributed by atoms with E-state index in [1.165, 1.54) is 31.2 Å². The highest BCUT2D eigenvalue weighted by Gasteiger charge is 2.34. The number of aromatic nitrogens is 2. The van der Waals surface area contributed by atoms with Crippen LogP contribution in [-0.4, -0.2) is 46.1 Å². The van der Waals surface area contributed by atoms with Gasteiger partial charge in [0, 0.05) is 18.0 Å². The van der Waals surface area contributed by atoms with Crippen LogP contribution in [0.3, 0.4) is 0 Å². The number of ether oxygens (including phenoxy) is 1.